The van der Waals surface area contributed by atoms with E-state index in [0.29, 0.717) is 4.99 Å². The van der Waals surface area contributed by atoms with Crippen LogP contribution in [0, 0.1) is 0 Å². The number of nitrogens with zero attached hydrogens (tertiary/aromatic N) is 1. The van der Waals surface area contributed by atoms with Gasteiger partial charge < -0.3 is 5.73 Å². The Morgan fingerprint density at radius 3 is 2.36 bits per heavy atom. The molecule has 1 saturated carbocycles. The highest BCUT2D eigenvalue weighted by atomic mass is 32.1. The molecule has 0 unspecified atom stereocenters. The summed E-state index contributed by atoms with van der Waals surface area (Å²) in [6.45, 7) is 5.60. The van der Waals surface area contributed by atoms with E-state index >= 15 is 0 Å². The van der Waals surface area contributed by atoms with Crippen LogP contribution >= 0.6 is 12.2 Å². The second-order valence-corrected chi connectivity index (χ2v) is 4.68. The van der Waals surface area contributed by atoms with E-state index in [-0.39, 0.29) is 0 Å². The van der Waals surface area contributed by atoms with Crippen LogP contribution in [0.4, 0.5) is 0 Å². The molecular weight excluding hydrogens is 192 g/mol. The van der Waals surface area contributed by atoms with Gasteiger partial charge in [0.25, 0.3) is 0 Å². The van der Waals surface area contributed by atoms with Gasteiger partial charge in [-0.25, -0.2) is 0 Å². The highest BCUT2D eigenvalue weighted by Gasteiger charge is 2.32. The molecule has 0 aliphatic heterocycles. The Bertz CT molecular complexity index is 186. The van der Waals surface area contributed by atoms with Gasteiger partial charge in [0.2, 0.25) is 0 Å². The van der Waals surface area contributed by atoms with Crippen molar-refractivity contribution in [2.75, 3.05) is 6.54 Å². The average Bonchev–Trinajstić information content (AvgIpc) is 2.95. The maximum absolute atomic E-state index is 5.55. The summed E-state index contributed by atoms with van der Waals surface area (Å²) >= 11 is 4.93. The summed E-state index contributed by atoms with van der Waals surface area (Å²) in [5, 5.41) is 0. The van der Waals surface area contributed by atoms with Gasteiger partial charge >= 0.3 is 0 Å². The van der Waals surface area contributed by atoms with Gasteiger partial charge in [0.05, 0.1) is 4.99 Å². The summed E-state index contributed by atoms with van der Waals surface area (Å²) in [7, 11) is 0. The van der Waals surface area contributed by atoms with Gasteiger partial charge in [-0.15, -0.1) is 0 Å². The number of hydrogen-bond acceptors (Lipinski definition) is 2. The van der Waals surface area contributed by atoms with Crippen molar-refractivity contribution in [3.8, 4) is 0 Å². The fourth-order valence-corrected chi connectivity index (χ4v) is 2.16. The highest BCUT2D eigenvalue weighted by Crippen LogP contribution is 2.30. The van der Waals surface area contributed by atoms with Gasteiger partial charge in [-0.2, -0.15) is 0 Å². The molecule has 1 fully saturated rings. The van der Waals surface area contributed by atoms with E-state index in [4.69, 9.17) is 18.0 Å². The molecule has 0 aromatic rings. The molecule has 0 heterocycles. The maximum Gasteiger partial charge on any atom is 0.0740 e. The zero-order chi connectivity index (χ0) is 10.6. The van der Waals surface area contributed by atoms with E-state index in [1.807, 2.05) is 0 Å². The predicted octanol–water partition coefficient (Wildman–Crippen LogP) is 2.32. The number of thiocarbonyl (C=S) groups is 1. The first-order valence-electron chi connectivity index (χ1n) is 5.73. The molecule has 1 rings (SSSR count). The fraction of sp³-hybridized carbons (Fsp3) is 0.909. The summed E-state index contributed by atoms with van der Waals surface area (Å²) < 4.78 is 0. The number of nitrogens with two attached hydrogens (primary N) is 1. The van der Waals surface area contributed by atoms with Crippen molar-refractivity contribution in [2.24, 2.45) is 5.73 Å². The smallest absolute Gasteiger partial charge is 0.0740 e. The molecule has 0 aromatic carbocycles. The molecule has 3 heteroatoms. The third-order valence-electron chi connectivity index (χ3n) is 3.04. The minimum Gasteiger partial charge on any atom is -0.393 e. The van der Waals surface area contributed by atoms with Crippen molar-refractivity contribution in [3.05, 3.63) is 0 Å². The largest absolute Gasteiger partial charge is 0.393 e. The lowest BCUT2D eigenvalue weighted by Crippen LogP contribution is -2.38. The summed E-state index contributed by atoms with van der Waals surface area (Å²) in [4.78, 5) is 3.26. The Morgan fingerprint density at radius 1 is 1.43 bits per heavy atom. The van der Waals surface area contributed by atoms with Gasteiger partial charge in [0, 0.05) is 25.0 Å². The van der Waals surface area contributed by atoms with Crippen LogP contribution in [-0.4, -0.2) is 28.5 Å². The first-order chi connectivity index (χ1) is 6.69. The van der Waals surface area contributed by atoms with E-state index in [9.17, 15) is 0 Å². The standard InChI is InChI=1S/C11H22N2S/c1-3-9(4-2)13(10-5-6-10)8-7-11(12)14/h9-10H,3-8H2,1-2H3,(H2,12,14). The predicted molar refractivity (Wildman–Crippen MR) is 65.5 cm³/mol. The fourth-order valence-electron chi connectivity index (χ4n) is 2.07. The summed E-state index contributed by atoms with van der Waals surface area (Å²) in [5.74, 6) is 0. The Labute approximate surface area is 92.8 Å². The second kappa shape index (κ2) is 5.66. The number of rotatable bonds is 7. The van der Waals surface area contributed by atoms with E-state index in [1.165, 1.54) is 25.7 Å². The zero-order valence-electron chi connectivity index (χ0n) is 9.33. The van der Waals surface area contributed by atoms with Crippen molar-refractivity contribution in [2.45, 2.75) is 58.0 Å². The van der Waals surface area contributed by atoms with E-state index in [2.05, 4.69) is 18.7 Å². The normalized spacial score (nSPS) is 16.6. The topological polar surface area (TPSA) is 29.3 Å². The monoisotopic (exact) mass is 214 g/mol. The van der Waals surface area contributed by atoms with E-state index in [1.54, 1.807) is 0 Å². The Balaban J connectivity index is 2.40. The van der Waals surface area contributed by atoms with Crippen molar-refractivity contribution < 1.29 is 0 Å². The van der Waals surface area contributed by atoms with Gasteiger partial charge in [-0.3, -0.25) is 4.90 Å². The lowest BCUT2D eigenvalue weighted by Gasteiger charge is -2.30. The molecule has 82 valence electrons. The van der Waals surface area contributed by atoms with Crippen LogP contribution in [0.15, 0.2) is 0 Å². The third kappa shape index (κ3) is 3.54. The summed E-state index contributed by atoms with van der Waals surface area (Å²) in [5.41, 5.74) is 5.55. The van der Waals surface area contributed by atoms with Gasteiger partial charge in [-0.05, 0) is 25.7 Å². The van der Waals surface area contributed by atoms with Gasteiger partial charge in [-0.1, -0.05) is 26.1 Å². The quantitative estimate of drug-likeness (QED) is 0.660. The Kier molecular flexibility index (Phi) is 4.82. The summed E-state index contributed by atoms with van der Waals surface area (Å²) in [6.07, 6.45) is 6.10. The minimum absolute atomic E-state index is 0.654. The first-order valence-corrected chi connectivity index (χ1v) is 6.13. The lowest BCUT2D eigenvalue weighted by atomic mass is 10.1. The molecule has 0 aromatic heterocycles. The van der Waals surface area contributed by atoms with Crippen LogP contribution in [0.25, 0.3) is 0 Å². The minimum atomic E-state index is 0.654. The molecule has 2 N–H and O–H groups in total. The van der Waals surface area contributed by atoms with Crippen LogP contribution < -0.4 is 5.73 Å². The molecule has 1 aliphatic carbocycles. The first kappa shape index (κ1) is 11.9. The molecule has 0 saturated heterocycles. The lowest BCUT2D eigenvalue weighted by molar-refractivity contribution is 0.181. The van der Waals surface area contributed by atoms with Crippen LogP contribution in [0.3, 0.4) is 0 Å². The molecule has 2 nitrogen and oxygen atoms in total. The molecule has 0 bridgehead atoms. The van der Waals surface area contributed by atoms with Crippen LogP contribution in [0.1, 0.15) is 46.0 Å². The average molecular weight is 214 g/mol. The molecule has 1 aliphatic rings. The molecule has 0 amide bonds. The maximum atomic E-state index is 5.55. The molecule has 14 heavy (non-hydrogen) atoms. The van der Waals surface area contributed by atoms with E-state index < -0.39 is 0 Å². The Hall–Kier alpha value is -0.150. The third-order valence-corrected chi connectivity index (χ3v) is 3.25. The van der Waals surface area contributed by atoms with Crippen molar-refractivity contribution in [1.82, 2.24) is 4.90 Å². The van der Waals surface area contributed by atoms with Crippen molar-refractivity contribution in [1.29, 1.82) is 0 Å². The zero-order valence-corrected chi connectivity index (χ0v) is 10.1. The summed E-state index contributed by atoms with van der Waals surface area (Å²) in [6, 6.07) is 1.56. The van der Waals surface area contributed by atoms with Gasteiger partial charge in [0.15, 0.2) is 0 Å². The molecule has 0 radical (unpaired) electrons. The van der Waals surface area contributed by atoms with Crippen molar-refractivity contribution in [3.63, 3.8) is 0 Å². The van der Waals surface area contributed by atoms with Gasteiger partial charge in [0.1, 0.15) is 0 Å². The van der Waals surface area contributed by atoms with E-state index in [0.717, 1.165) is 25.0 Å². The molecular formula is C11H22N2S. The molecule has 0 atom stereocenters. The number of hydrogen-bond donors (Lipinski definition) is 1. The Morgan fingerprint density at radius 2 is 2.00 bits per heavy atom. The molecule has 0 spiro atoms. The van der Waals surface area contributed by atoms with Crippen LogP contribution in [0.2, 0.25) is 0 Å². The highest BCUT2D eigenvalue weighted by molar-refractivity contribution is 7.80. The SMILES string of the molecule is CCC(CC)N(CCC(N)=S)C1CC1. The van der Waals surface area contributed by atoms with Crippen LogP contribution in [0.5, 0.6) is 0 Å². The second-order valence-electron chi connectivity index (χ2n) is 4.16. The van der Waals surface area contributed by atoms with Crippen molar-refractivity contribution >= 4 is 17.2 Å². The van der Waals surface area contributed by atoms with Crippen LogP contribution in [-0.2, 0) is 0 Å².